The summed E-state index contributed by atoms with van der Waals surface area (Å²) < 4.78 is 17.4. The standard InChI is InChI=1S/C16H14ClN3O3S/c1-10-5-6-12-13(17)8-14(16(21)15(12)20-10)24(22)23-19-9-11-4-2-3-7-18-11/h2-8,19,21H,9H2,1H3. The van der Waals surface area contributed by atoms with Crippen molar-refractivity contribution in [3.8, 4) is 5.75 Å². The average Bonchev–Trinajstić information content (AvgIpc) is 2.58. The van der Waals surface area contributed by atoms with Crippen LogP contribution in [-0.2, 0) is 21.9 Å². The number of phenolic OH excluding ortho intramolecular Hbond substituents is 1. The van der Waals surface area contributed by atoms with Crippen molar-refractivity contribution in [1.82, 2.24) is 15.4 Å². The fourth-order valence-corrected chi connectivity index (χ4v) is 3.19. The minimum atomic E-state index is -1.95. The molecular formula is C16H14ClN3O3S. The number of aryl methyl sites for hydroxylation is 1. The van der Waals surface area contributed by atoms with E-state index in [1.807, 2.05) is 6.07 Å². The lowest BCUT2D eigenvalue weighted by molar-refractivity contribution is 0.214. The maximum Gasteiger partial charge on any atom is 0.210 e. The molecule has 1 atom stereocenters. The second-order valence-electron chi connectivity index (χ2n) is 5.01. The van der Waals surface area contributed by atoms with Gasteiger partial charge in [0.2, 0.25) is 11.1 Å². The number of halogens is 1. The van der Waals surface area contributed by atoms with E-state index in [1.165, 1.54) is 6.07 Å². The summed E-state index contributed by atoms with van der Waals surface area (Å²) in [6, 6.07) is 10.4. The molecule has 8 heteroatoms. The van der Waals surface area contributed by atoms with E-state index in [2.05, 4.69) is 15.4 Å². The van der Waals surface area contributed by atoms with Gasteiger partial charge in [-0.25, -0.2) is 9.19 Å². The van der Waals surface area contributed by atoms with Gasteiger partial charge in [0.1, 0.15) is 10.4 Å². The third-order valence-corrected chi connectivity index (χ3v) is 4.55. The summed E-state index contributed by atoms with van der Waals surface area (Å²) in [7, 11) is 0. The molecule has 3 rings (SSSR count). The predicted molar refractivity (Wildman–Crippen MR) is 91.7 cm³/mol. The van der Waals surface area contributed by atoms with Crippen molar-refractivity contribution in [3.05, 3.63) is 59.0 Å². The van der Waals surface area contributed by atoms with E-state index in [1.54, 1.807) is 37.4 Å². The molecule has 24 heavy (non-hydrogen) atoms. The minimum Gasteiger partial charge on any atom is -0.504 e. The molecule has 0 aliphatic carbocycles. The molecule has 0 spiro atoms. The zero-order chi connectivity index (χ0) is 17.1. The lowest BCUT2D eigenvalue weighted by Crippen LogP contribution is -2.16. The maximum atomic E-state index is 12.3. The van der Waals surface area contributed by atoms with Crippen LogP contribution in [-0.4, -0.2) is 19.3 Å². The Morgan fingerprint density at radius 1 is 1.33 bits per heavy atom. The van der Waals surface area contributed by atoms with Gasteiger partial charge in [-0.1, -0.05) is 17.7 Å². The zero-order valence-corrected chi connectivity index (χ0v) is 14.3. The number of aromatic hydroxyl groups is 1. The Morgan fingerprint density at radius 3 is 2.92 bits per heavy atom. The third kappa shape index (κ3) is 3.54. The summed E-state index contributed by atoms with van der Waals surface area (Å²) in [5.41, 5.74) is 4.30. The van der Waals surface area contributed by atoms with Gasteiger partial charge in [-0.05, 0) is 37.3 Å². The summed E-state index contributed by atoms with van der Waals surface area (Å²) in [6.07, 6.45) is 1.65. The first-order valence-electron chi connectivity index (χ1n) is 7.07. The number of phenols is 1. The number of hydrogen-bond donors (Lipinski definition) is 2. The summed E-state index contributed by atoms with van der Waals surface area (Å²) in [6.45, 7) is 2.06. The van der Waals surface area contributed by atoms with E-state index >= 15 is 0 Å². The molecule has 0 fully saturated rings. The molecule has 0 radical (unpaired) electrons. The van der Waals surface area contributed by atoms with Crippen LogP contribution >= 0.6 is 11.6 Å². The van der Waals surface area contributed by atoms with Crippen molar-refractivity contribution in [2.24, 2.45) is 0 Å². The van der Waals surface area contributed by atoms with Gasteiger partial charge in [0.15, 0.2) is 5.75 Å². The maximum absolute atomic E-state index is 12.3. The molecule has 0 amide bonds. The van der Waals surface area contributed by atoms with Crippen LogP contribution < -0.4 is 5.48 Å². The largest absolute Gasteiger partial charge is 0.504 e. The van der Waals surface area contributed by atoms with Crippen molar-refractivity contribution >= 4 is 33.6 Å². The number of pyridine rings is 2. The highest BCUT2D eigenvalue weighted by molar-refractivity contribution is 7.80. The number of benzene rings is 1. The van der Waals surface area contributed by atoms with E-state index in [0.717, 1.165) is 5.69 Å². The average molecular weight is 364 g/mol. The molecular weight excluding hydrogens is 350 g/mol. The Morgan fingerprint density at radius 2 is 2.17 bits per heavy atom. The van der Waals surface area contributed by atoms with Crippen LogP contribution in [0.25, 0.3) is 10.9 Å². The van der Waals surface area contributed by atoms with Crippen LogP contribution in [0.1, 0.15) is 11.4 Å². The van der Waals surface area contributed by atoms with Crippen LogP contribution in [0.2, 0.25) is 5.02 Å². The van der Waals surface area contributed by atoms with E-state index in [0.29, 0.717) is 21.6 Å². The lowest BCUT2D eigenvalue weighted by Gasteiger charge is -2.10. The van der Waals surface area contributed by atoms with E-state index in [-0.39, 0.29) is 17.2 Å². The summed E-state index contributed by atoms with van der Waals surface area (Å²) in [5.74, 6) is -0.212. The molecule has 1 aromatic carbocycles. The molecule has 2 heterocycles. The van der Waals surface area contributed by atoms with Gasteiger partial charge in [-0.3, -0.25) is 4.98 Å². The second kappa shape index (κ2) is 7.23. The highest BCUT2D eigenvalue weighted by atomic mass is 35.5. The first-order valence-corrected chi connectivity index (χ1v) is 8.52. The topological polar surface area (TPSA) is 84.3 Å². The highest BCUT2D eigenvalue weighted by Crippen LogP contribution is 2.35. The molecule has 0 aliphatic heterocycles. The van der Waals surface area contributed by atoms with Gasteiger partial charge in [-0.2, -0.15) is 9.76 Å². The molecule has 2 aromatic heterocycles. The van der Waals surface area contributed by atoms with Crippen LogP contribution in [0, 0.1) is 6.92 Å². The predicted octanol–water partition coefficient (Wildman–Crippen LogP) is 3.04. The van der Waals surface area contributed by atoms with Gasteiger partial charge in [0.05, 0.1) is 17.3 Å². The van der Waals surface area contributed by atoms with Gasteiger partial charge in [0.25, 0.3) is 0 Å². The minimum absolute atomic E-state index is 0.0547. The number of aromatic nitrogens is 2. The molecule has 0 aliphatic rings. The smallest absolute Gasteiger partial charge is 0.210 e. The van der Waals surface area contributed by atoms with Crippen LogP contribution in [0.3, 0.4) is 0 Å². The Labute approximate surface area is 146 Å². The van der Waals surface area contributed by atoms with Gasteiger partial charge in [-0.15, -0.1) is 0 Å². The van der Waals surface area contributed by atoms with Crippen molar-refractivity contribution in [2.45, 2.75) is 18.4 Å². The number of hydroxylamine groups is 1. The van der Waals surface area contributed by atoms with Gasteiger partial charge >= 0.3 is 0 Å². The SMILES string of the molecule is Cc1ccc2c(Cl)cc(S(=O)ONCc3ccccn3)c(O)c2n1. The number of hydrogen-bond acceptors (Lipinski definition) is 6. The Bertz CT molecular complexity index is 906. The lowest BCUT2D eigenvalue weighted by atomic mass is 10.2. The zero-order valence-electron chi connectivity index (χ0n) is 12.7. The summed E-state index contributed by atoms with van der Waals surface area (Å²) in [4.78, 5) is 8.42. The molecule has 2 N–H and O–H groups in total. The van der Waals surface area contributed by atoms with Crippen LogP contribution in [0.4, 0.5) is 0 Å². The second-order valence-corrected chi connectivity index (χ2v) is 6.50. The van der Waals surface area contributed by atoms with Crippen molar-refractivity contribution < 1.29 is 13.6 Å². The molecule has 3 aromatic rings. The molecule has 0 saturated carbocycles. The fourth-order valence-electron chi connectivity index (χ4n) is 2.14. The Kier molecular flexibility index (Phi) is 5.06. The van der Waals surface area contributed by atoms with E-state index < -0.39 is 11.1 Å². The van der Waals surface area contributed by atoms with E-state index in [4.69, 9.17) is 15.9 Å². The molecule has 0 bridgehead atoms. The fraction of sp³-hybridized carbons (Fsp3) is 0.125. The molecule has 6 nitrogen and oxygen atoms in total. The monoisotopic (exact) mass is 363 g/mol. The summed E-state index contributed by atoms with van der Waals surface area (Å²) >= 11 is 4.23. The normalized spacial score (nSPS) is 12.4. The first kappa shape index (κ1) is 16.8. The Hall–Kier alpha value is -2.06. The third-order valence-electron chi connectivity index (χ3n) is 3.30. The quantitative estimate of drug-likeness (QED) is 0.678. The van der Waals surface area contributed by atoms with Crippen molar-refractivity contribution in [2.75, 3.05) is 0 Å². The molecule has 1 unspecified atom stereocenters. The number of nitrogens with zero attached hydrogens (tertiary/aromatic N) is 2. The molecule has 124 valence electrons. The Balaban J connectivity index is 1.81. The van der Waals surface area contributed by atoms with Crippen molar-refractivity contribution in [3.63, 3.8) is 0 Å². The summed E-state index contributed by atoms with van der Waals surface area (Å²) in [5, 5.41) is 11.3. The highest BCUT2D eigenvalue weighted by Gasteiger charge is 2.18. The number of nitrogens with one attached hydrogen (secondary N) is 1. The van der Waals surface area contributed by atoms with Gasteiger partial charge in [0, 0.05) is 17.3 Å². The number of rotatable bonds is 5. The van der Waals surface area contributed by atoms with E-state index in [9.17, 15) is 9.32 Å². The molecule has 0 saturated heterocycles. The van der Waals surface area contributed by atoms with Gasteiger partial charge < -0.3 is 5.11 Å². The van der Waals surface area contributed by atoms with Crippen molar-refractivity contribution in [1.29, 1.82) is 0 Å². The van der Waals surface area contributed by atoms with Crippen LogP contribution in [0.15, 0.2) is 47.5 Å². The first-order chi connectivity index (χ1) is 11.6. The number of fused-ring (bicyclic) bond motifs is 1. The van der Waals surface area contributed by atoms with Crippen LogP contribution in [0.5, 0.6) is 5.75 Å².